The molecule has 1 saturated heterocycles. The molecule has 1 fully saturated rings. The Bertz CT molecular complexity index is 812. The summed E-state index contributed by atoms with van der Waals surface area (Å²) in [4.78, 5) is 15.5. The highest BCUT2D eigenvalue weighted by atomic mass is 32.1. The van der Waals surface area contributed by atoms with E-state index < -0.39 is 5.91 Å². The highest BCUT2D eigenvalue weighted by Gasteiger charge is 2.13. The molecule has 25 heavy (non-hydrogen) atoms. The van der Waals surface area contributed by atoms with E-state index in [-0.39, 0.29) is 5.57 Å². The zero-order valence-electron chi connectivity index (χ0n) is 14.0. The summed E-state index contributed by atoms with van der Waals surface area (Å²) < 4.78 is 5.35. The van der Waals surface area contributed by atoms with Crippen LogP contribution < -0.4 is 10.2 Å². The third kappa shape index (κ3) is 4.27. The third-order valence-corrected chi connectivity index (χ3v) is 5.01. The molecule has 0 radical (unpaired) electrons. The van der Waals surface area contributed by atoms with Crippen molar-refractivity contribution in [2.45, 2.75) is 6.92 Å². The van der Waals surface area contributed by atoms with E-state index in [4.69, 9.17) is 4.74 Å². The minimum atomic E-state index is -0.394. The normalized spacial score (nSPS) is 14.9. The highest BCUT2D eigenvalue weighted by molar-refractivity contribution is 7.11. The molecule has 2 aromatic rings. The van der Waals surface area contributed by atoms with E-state index >= 15 is 0 Å². The van der Waals surface area contributed by atoms with E-state index in [0.29, 0.717) is 5.69 Å². The minimum absolute atomic E-state index is 0.0998. The average molecular weight is 353 g/mol. The summed E-state index contributed by atoms with van der Waals surface area (Å²) in [7, 11) is 0. The van der Waals surface area contributed by atoms with Crippen molar-refractivity contribution >= 4 is 34.7 Å². The number of hydrogen-bond acceptors (Lipinski definition) is 5. The fourth-order valence-electron chi connectivity index (χ4n) is 2.59. The van der Waals surface area contributed by atoms with E-state index in [1.165, 1.54) is 11.3 Å². The number of thiophene rings is 1. The molecule has 1 aliphatic rings. The molecule has 1 N–H and O–H groups in total. The van der Waals surface area contributed by atoms with E-state index in [9.17, 15) is 10.1 Å². The Morgan fingerprint density at radius 2 is 2.00 bits per heavy atom. The molecule has 1 aliphatic heterocycles. The van der Waals surface area contributed by atoms with Crippen molar-refractivity contribution in [3.05, 3.63) is 51.7 Å². The number of carbonyl (C=O) groups excluding carboxylic acids is 1. The molecule has 1 amide bonds. The molecule has 0 spiro atoms. The van der Waals surface area contributed by atoms with Crippen molar-refractivity contribution in [3.8, 4) is 6.07 Å². The molecule has 2 heterocycles. The SMILES string of the molecule is Cc1ccsc1/C=C(\C#N)C(=O)Nc1ccc(N2CCOCC2)cc1. The first-order valence-corrected chi connectivity index (χ1v) is 8.95. The monoisotopic (exact) mass is 353 g/mol. The number of ether oxygens (including phenoxy) is 1. The molecular weight excluding hydrogens is 334 g/mol. The summed E-state index contributed by atoms with van der Waals surface area (Å²) in [5.41, 5.74) is 2.93. The summed E-state index contributed by atoms with van der Waals surface area (Å²) >= 11 is 1.51. The van der Waals surface area contributed by atoms with Gasteiger partial charge in [0.1, 0.15) is 11.6 Å². The molecule has 128 valence electrons. The van der Waals surface area contributed by atoms with Gasteiger partial charge in [-0.1, -0.05) is 0 Å². The lowest BCUT2D eigenvalue weighted by molar-refractivity contribution is -0.112. The molecule has 3 rings (SSSR count). The summed E-state index contributed by atoms with van der Waals surface area (Å²) in [6.07, 6.45) is 1.64. The van der Waals surface area contributed by atoms with Gasteiger partial charge in [-0.2, -0.15) is 5.26 Å². The lowest BCUT2D eigenvalue weighted by Crippen LogP contribution is -2.36. The standard InChI is InChI=1S/C19H19N3O2S/c1-14-6-11-25-18(14)12-15(13-20)19(23)21-16-2-4-17(5-3-16)22-7-9-24-10-8-22/h2-6,11-12H,7-10H2,1H3,(H,21,23)/b15-12+. The maximum Gasteiger partial charge on any atom is 0.266 e. The third-order valence-electron chi connectivity index (χ3n) is 4.04. The molecule has 1 aromatic heterocycles. The Kier molecular flexibility index (Phi) is 5.49. The largest absolute Gasteiger partial charge is 0.378 e. The van der Waals surface area contributed by atoms with Crippen molar-refractivity contribution in [1.29, 1.82) is 5.26 Å². The van der Waals surface area contributed by atoms with Gasteiger partial charge in [-0.05, 0) is 54.3 Å². The average Bonchev–Trinajstić information content (AvgIpc) is 3.05. The van der Waals surface area contributed by atoms with E-state index in [0.717, 1.165) is 42.4 Å². The second-order valence-corrected chi connectivity index (χ2v) is 6.69. The lowest BCUT2D eigenvalue weighted by atomic mass is 10.2. The molecule has 0 atom stereocenters. The fraction of sp³-hybridized carbons (Fsp3) is 0.263. The van der Waals surface area contributed by atoms with Crippen LogP contribution in [0.3, 0.4) is 0 Å². The van der Waals surface area contributed by atoms with Gasteiger partial charge in [-0.25, -0.2) is 0 Å². The maximum atomic E-state index is 12.3. The smallest absolute Gasteiger partial charge is 0.266 e. The Balaban J connectivity index is 1.68. The Hall–Kier alpha value is -2.62. The van der Waals surface area contributed by atoms with Gasteiger partial charge >= 0.3 is 0 Å². The number of rotatable bonds is 4. The lowest BCUT2D eigenvalue weighted by Gasteiger charge is -2.28. The number of morpholine rings is 1. The topological polar surface area (TPSA) is 65.4 Å². The summed E-state index contributed by atoms with van der Waals surface area (Å²) in [6.45, 7) is 5.16. The predicted molar refractivity (Wildman–Crippen MR) is 101 cm³/mol. The van der Waals surface area contributed by atoms with E-state index in [1.54, 1.807) is 6.08 Å². The Labute approximate surface area is 151 Å². The van der Waals surface area contributed by atoms with Crippen LogP contribution in [0.25, 0.3) is 6.08 Å². The first-order valence-electron chi connectivity index (χ1n) is 8.07. The second-order valence-electron chi connectivity index (χ2n) is 5.74. The van der Waals surface area contributed by atoms with Crippen LogP contribution in [0.1, 0.15) is 10.4 Å². The van der Waals surface area contributed by atoms with Crippen molar-refractivity contribution in [2.24, 2.45) is 0 Å². The van der Waals surface area contributed by atoms with Crippen LogP contribution in [0.2, 0.25) is 0 Å². The van der Waals surface area contributed by atoms with E-state index in [1.807, 2.05) is 48.7 Å². The number of anilines is 2. The number of aryl methyl sites for hydroxylation is 1. The van der Waals surface area contributed by atoms with Crippen molar-refractivity contribution < 1.29 is 9.53 Å². The minimum Gasteiger partial charge on any atom is -0.378 e. The Morgan fingerprint density at radius 3 is 2.60 bits per heavy atom. The quantitative estimate of drug-likeness (QED) is 0.675. The summed E-state index contributed by atoms with van der Waals surface area (Å²) in [5.74, 6) is -0.394. The molecule has 0 unspecified atom stereocenters. The summed E-state index contributed by atoms with van der Waals surface area (Å²) in [6, 6.07) is 11.6. The second kappa shape index (κ2) is 7.97. The first kappa shape index (κ1) is 17.2. The van der Waals surface area contributed by atoms with Gasteiger partial charge in [0.2, 0.25) is 0 Å². The zero-order valence-corrected chi connectivity index (χ0v) is 14.8. The number of benzene rings is 1. The van der Waals surface area contributed by atoms with Gasteiger partial charge in [0, 0.05) is 29.3 Å². The number of hydrogen-bond donors (Lipinski definition) is 1. The van der Waals surface area contributed by atoms with Gasteiger partial charge in [-0.15, -0.1) is 11.3 Å². The first-order chi connectivity index (χ1) is 12.2. The van der Waals surface area contributed by atoms with Gasteiger partial charge in [0.15, 0.2) is 0 Å². The molecule has 0 saturated carbocycles. The number of amides is 1. The number of carbonyl (C=O) groups is 1. The van der Waals surface area contributed by atoms with Crippen LogP contribution in [0.4, 0.5) is 11.4 Å². The van der Waals surface area contributed by atoms with Crippen LogP contribution in [-0.4, -0.2) is 32.2 Å². The molecule has 0 aliphatic carbocycles. The molecule has 1 aromatic carbocycles. The highest BCUT2D eigenvalue weighted by Crippen LogP contribution is 2.21. The van der Waals surface area contributed by atoms with Crippen LogP contribution in [0, 0.1) is 18.3 Å². The van der Waals surface area contributed by atoms with Crippen LogP contribution in [0.5, 0.6) is 0 Å². The fourth-order valence-corrected chi connectivity index (χ4v) is 3.45. The van der Waals surface area contributed by atoms with Crippen LogP contribution in [0.15, 0.2) is 41.3 Å². The molecular formula is C19H19N3O2S. The van der Waals surface area contributed by atoms with Crippen LogP contribution >= 0.6 is 11.3 Å². The zero-order chi connectivity index (χ0) is 17.6. The van der Waals surface area contributed by atoms with Crippen molar-refractivity contribution in [3.63, 3.8) is 0 Å². The maximum absolute atomic E-state index is 12.3. The van der Waals surface area contributed by atoms with Gasteiger partial charge < -0.3 is 15.0 Å². The van der Waals surface area contributed by atoms with Crippen LogP contribution in [-0.2, 0) is 9.53 Å². The summed E-state index contributed by atoms with van der Waals surface area (Å²) in [5, 5.41) is 14.0. The van der Waals surface area contributed by atoms with Gasteiger partial charge in [-0.3, -0.25) is 4.79 Å². The number of nitrogens with zero attached hydrogens (tertiary/aromatic N) is 2. The van der Waals surface area contributed by atoms with Gasteiger partial charge in [0.05, 0.1) is 13.2 Å². The van der Waals surface area contributed by atoms with E-state index in [2.05, 4.69) is 10.2 Å². The van der Waals surface area contributed by atoms with Crippen molar-refractivity contribution in [1.82, 2.24) is 0 Å². The molecule has 5 nitrogen and oxygen atoms in total. The van der Waals surface area contributed by atoms with Gasteiger partial charge in [0.25, 0.3) is 5.91 Å². The Morgan fingerprint density at radius 1 is 1.28 bits per heavy atom. The van der Waals surface area contributed by atoms with Crippen molar-refractivity contribution in [2.75, 3.05) is 36.5 Å². The number of nitrogens with one attached hydrogen (secondary N) is 1. The molecule has 6 heteroatoms. The number of nitriles is 1. The predicted octanol–water partition coefficient (Wildman–Crippen LogP) is 3.44. The molecule has 0 bridgehead atoms.